The number of quaternary nitrogens is 1. The van der Waals surface area contributed by atoms with Crippen LogP contribution in [0.2, 0.25) is 0 Å². The molecule has 0 spiro atoms. The van der Waals surface area contributed by atoms with Crippen molar-refractivity contribution in [3.8, 4) is 5.75 Å². The van der Waals surface area contributed by atoms with E-state index in [1.807, 2.05) is 30.0 Å². The van der Waals surface area contributed by atoms with Gasteiger partial charge in [0.1, 0.15) is 11.1 Å². The molecule has 0 saturated carbocycles. The molecule has 0 radical (unpaired) electrons. The van der Waals surface area contributed by atoms with Gasteiger partial charge in [0.25, 0.3) is 0 Å². The van der Waals surface area contributed by atoms with Gasteiger partial charge < -0.3 is 14.5 Å². The number of nitrogens with one attached hydrogen (secondary N) is 1. The molecule has 1 saturated heterocycles. The zero-order valence-electron chi connectivity index (χ0n) is 12.6. The number of carbonyl (C=O) groups is 1. The number of hydrogen-bond donors (Lipinski definition) is 1. The molecule has 2 rings (SSSR count). The van der Waals surface area contributed by atoms with E-state index in [2.05, 4.69) is 20.2 Å². The third-order valence-corrected chi connectivity index (χ3v) is 4.87. The Morgan fingerprint density at radius 3 is 2.80 bits per heavy atom. The van der Waals surface area contributed by atoms with E-state index in [4.69, 9.17) is 4.74 Å². The van der Waals surface area contributed by atoms with E-state index < -0.39 is 0 Å². The number of hydrogen-bond acceptors (Lipinski definition) is 3. The molecule has 1 aromatic carbocycles. The highest BCUT2D eigenvalue weighted by molar-refractivity contribution is 8.01. The van der Waals surface area contributed by atoms with E-state index in [1.54, 1.807) is 18.9 Å². The number of rotatable bonds is 5. The first-order valence-electron chi connectivity index (χ1n) is 6.92. The fourth-order valence-corrected chi connectivity index (χ4v) is 3.60. The lowest BCUT2D eigenvalue weighted by Gasteiger charge is -2.24. The zero-order valence-corrected chi connectivity index (χ0v) is 13.4. The van der Waals surface area contributed by atoms with Crippen LogP contribution in [0.1, 0.15) is 17.9 Å². The molecule has 1 aliphatic rings. The van der Waals surface area contributed by atoms with Gasteiger partial charge in [0.15, 0.2) is 0 Å². The largest absolute Gasteiger partial charge is 0.497 e. The summed E-state index contributed by atoms with van der Waals surface area (Å²) in [5, 5.41) is 0.135. The van der Waals surface area contributed by atoms with E-state index in [1.165, 1.54) is 4.90 Å². The molecule has 5 heteroatoms. The monoisotopic (exact) mass is 295 g/mol. The molecular formula is C15H23N2O2S+. The maximum Gasteiger partial charge on any atom is 0.236 e. The van der Waals surface area contributed by atoms with Crippen LogP contribution in [0.5, 0.6) is 5.75 Å². The number of likely N-dealkylation sites (N-methyl/N-ethyl adjacent to an activating group) is 1. The van der Waals surface area contributed by atoms with Gasteiger partial charge in [0.05, 0.1) is 39.5 Å². The summed E-state index contributed by atoms with van der Waals surface area (Å²) < 4.78 is 5.28. The Balaban J connectivity index is 2.20. The van der Waals surface area contributed by atoms with Crippen LogP contribution in [0.3, 0.4) is 0 Å². The van der Waals surface area contributed by atoms with Crippen LogP contribution >= 0.6 is 11.8 Å². The predicted molar refractivity (Wildman–Crippen MR) is 82.2 cm³/mol. The number of nitrogens with zero attached hydrogens (tertiary/aromatic N) is 1. The second-order valence-electron chi connectivity index (χ2n) is 5.40. The number of methoxy groups -OCH3 is 1. The van der Waals surface area contributed by atoms with Crippen LogP contribution in [0.25, 0.3) is 0 Å². The molecule has 0 unspecified atom stereocenters. The molecule has 20 heavy (non-hydrogen) atoms. The topological polar surface area (TPSA) is 34.0 Å². The summed E-state index contributed by atoms with van der Waals surface area (Å²) in [6, 6.07) is 8.01. The van der Waals surface area contributed by atoms with Crippen LogP contribution in [0.4, 0.5) is 0 Å². The Labute approximate surface area is 125 Å². The lowest BCUT2D eigenvalue weighted by atomic mass is 10.2. The molecule has 0 aromatic heterocycles. The average Bonchev–Trinajstić information content (AvgIpc) is 2.72. The second-order valence-corrected chi connectivity index (χ2v) is 6.82. The van der Waals surface area contributed by atoms with Crippen molar-refractivity contribution < 1.29 is 14.4 Å². The Morgan fingerprint density at radius 1 is 1.40 bits per heavy atom. The standard InChI is InChI=1S/C15H22N2O2S/c1-11-14(18)17(9-8-16(2)3)15(20-11)12-6-5-7-13(10-12)19-4/h5-7,10-11,15H,8-9H2,1-4H3/p+1/t11-,15+/m0/s1. The molecule has 1 amide bonds. The number of thioether (sulfide) groups is 1. The van der Waals surface area contributed by atoms with Gasteiger partial charge >= 0.3 is 0 Å². The molecule has 1 N–H and O–H groups in total. The molecule has 4 nitrogen and oxygen atoms in total. The van der Waals surface area contributed by atoms with Crippen molar-refractivity contribution >= 4 is 17.7 Å². The number of carbonyl (C=O) groups excluding carboxylic acids is 1. The maximum atomic E-state index is 12.3. The maximum absolute atomic E-state index is 12.3. The molecule has 1 aromatic rings. The van der Waals surface area contributed by atoms with Crippen molar-refractivity contribution in [2.24, 2.45) is 0 Å². The van der Waals surface area contributed by atoms with Crippen LogP contribution in [-0.2, 0) is 4.79 Å². The fraction of sp³-hybridized carbons (Fsp3) is 0.533. The Hall–Kier alpha value is -1.20. The normalized spacial score (nSPS) is 22.6. The van der Waals surface area contributed by atoms with Gasteiger partial charge in [-0.05, 0) is 24.6 Å². The molecular weight excluding hydrogens is 272 g/mol. The Bertz CT molecular complexity index is 479. The van der Waals surface area contributed by atoms with Gasteiger partial charge in [0, 0.05) is 0 Å². The van der Waals surface area contributed by atoms with Gasteiger partial charge in [-0.2, -0.15) is 0 Å². The minimum absolute atomic E-state index is 0.0309. The van der Waals surface area contributed by atoms with Gasteiger partial charge in [-0.1, -0.05) is 12.1 Å². The van der Waals surface area contributed by atoms with Gasteiger partial charge in [-0.15, -0.1) is 11.8 Å². The van der Waals surface area contributed by atoms with Crippen LogP contribution < -0.4 is 9.64 Å². The smallest absolute Gasteiger partial charge is 0.236 e. The number of benzene rings is 1. The average molecular weight is 295 g/mol. The van der Waals surface area contributed by atoms with Gasteiger partial charge in [-0.25, -0.2) is 0 Å². The van der Waals surface area contributed by atoms with E-state index in [-0.39, 0.29) is 16.5 Å². The minimum Gasteiger partial charge on any atom is -0.497 e. The molecule has 0 aliphatic carbocycles. The first kappa shape index (κ1) is 15.2. The van der Waals surface area contributed by atoms with Gasteiger partial charge in [-0.3, -0.25) is 4.79 Å². The van der Waals surface area contributed by atoms with Crippen molar-refractivity contribution in [3.63, 3.8) is 0 Å². The number of amides is 1. The minimum atomic E-state index is 0.0309. The second kappa shape index (κ2) is 6.50. The first-order valence-corrected chi connectivity index (χ1v) is 7.86. The quantitative estimate of drug-likeness (QED) is 0.872. The summed E-state index contributed by atoms with van der Waals surface area (Å²) in [6.07, 6.45) is 0. The number of ether oxygens (including phenoxy) is 1. The summed E-state index contributed by atoms with van der Waals surface area (Å²) in [5.74, 6) is 1.08. The molecule has 1 fully saturated rings. The SMILES string of the molecule is COc1cccc([C@H]2S[C@@H](C)C(=O)N2CC[NH+](C)C)c1. The molecule has 110 valence electrons. The van der Waals surface area contributed by atoms with Crippen molar-refractivity contribution in [3.05, 3.63) is 29.8 Å². The Kier molecular flexibility index (Phi) is 4.94. The zero-order chi connectivity index (χ0) is 14.7. The molecule has 2 atom stereocenters. The van der Waals surface area contributed by atoms with E-state index >= 15 is 0 Å². The van der Waals surface area contributed by atoms with E-state index in [9.17, 15) is 4.79 Å². The van der Waals surface area contributed by atoms with Crippen LogP contribution in [0.15, 0.2) is 24.3 Å². The highest BCUT2D eigenvalue weighted by Gasteiger charge is 2.38. The molecule has 0 bridgehead atoms. The molecule has 1 aliphatic heterocycles. The lowest BCUT2D eigenvalue weighted by Crippen LogP contribution is -3.06. The van der Waals surface area contributed by atoms with Gasteiger partial charge in [0.2, 0.25) is 5.91 Å². The fourth-order valence-electron chi connectivity index (χ4n) is 2.30. The summed E-state index contributed by atoms with van der Waals surface area (Å²) in [7, 11) is 5.89. The first-order chi connectivity index (χ1) is 9.52. The third-order valence-electron chi connectivity index (χ3n) is 3.48. The summed E-state index contributed by atoms with van der Waals surface area (Å²) in [6.45, 7) is 3.74. The van der Waals surface area contributed by atoms with Crippen molar-refractivity contribution in [1.29, 1.82) is 0 Å². The third kappa shape index (κ3) is 3.27. The molecule has 1 heterocycles. The van der Waals surface area contributed by atoms with Crippen LogP contribution in [-0.4, -0.2) is 50.4 Å². The van der Waals surface area contributed by atoms with Crippen LogP contribution in [0, 0.1) is 0 Å². The summed E-state index contributed by atoms with van der Waals surface area (Å²) in [5.41, 5.74) is 1.14. The summed E-state index contributed by atoms with van der Waals surface area (Å²) >= 11 is 1.72. The Morgan fingerprint density at radius 2 is 2.15 bits per heavy atom. The van der Waals surface area contributed by atoms with Crippen molar-refractivity contribution in [2.75, 3.05) is 34.3 Å². The van der Waals surface area contributed by atoms with Crippen molar-refractivity contribution in [2.45, 2.75) is 17.5 Å². The van der Waals surface area contributed by atoms with Crippen molar-refractivity contribution in [1.82, 2.24) is 4.90 Å². The lowest BCUT2D eigenvalue weighted by molar-refractivity contribution is -0.857. The highest BCUT2D eigenvalue weighted by Crippen LogP contribution is 2.43. The highest BCUT2D eigenvalue weighted by atomic mass is 32.2. The van der Waals surface area contributed by atoms with E-state index in [0.717, 1.165) is 24.4 Å². The summed E-state index contributed by atoms with van der Waals surface area (Å²) in [4.78, 5) is 15.7. The van der Waals surface area contributed by atoms with E-state index in [0.29, 0.717) is 0 Å². The predicted octanol–water partition coefficient (Wildman–Crippen LogP) is 0.802.